The molecule has 1 aliphatic rings. The molecule has 7 nitrogen and oxygen atoms in total. The minimum atomic E-state index is -0.105. The highest BCUT2D eigenvalue weighted by atomic mass is 35.5. The Kier molecular flexibility index (Phi) is 5.46. The number of hydrogen-bond acceptors (Lipinski definition) is 5. The molecule has 0 spiro atoms. The van der Waals surface area contributed by atoms with E-state index >= 15 is 0 Å². The Balaban J connectivity index is 0.00000176. The first-order valence-corrected chi connectivity index (χ1v) is 7.13. The molecule has 3 N–H and O–H groups in total. The van der Waals surface area contributed by atoms with Crippen LogP contribution in [0.5, 0.6) is 0 Å². The fourth-order valence-electron chi connectivity index (χ4n) is 2.89. The number of hydrogen-bond donors (Lipinski definition) is 2. The zero-order valence-corrected chi connectivity index (χ0v) is 12.9. The average molecular weight is 323 g/mol. The Hall–Kier alpha value is -1.99. The van der Waals surface area contributed by atoms with E-state index in [1.165, 1.54) is 11.0 Å². The smallest absolute Gasteiger partial charge is 0.253 e. The maximum absolute atomic E-state index is 12.5. The minimum absolute atomic E-state index is 0. The largest absolute Gasteiger partial charge is 0.349 e. The van der Waals surface area contributed by atoms with Crippen molar-refractivity contribution in [2.24, 2.45) is 11.7 Å². The summed E-state index contributed by atoms with van der Waals surface area (Å²) in [6, 6.07) is 7.44. The second kappa shape index (κ2) is 7.33. The molecule has 1 aromatic carbocycles. The number of halogens is 1. The van der Waals surface area contributed by atoms with E-state index in [0.717, 1.165) is 19.3 Å². The zero-order chi connectivity index (χ0) is 14.7. The minimum Gasteiger partial charge on any atom is -0.349 e. The van der Waals surface area contributed by atoms with Crippen LogP contribution in [0.25, 0.3) is 5.69 Å². The fourth-order valence-corrected chi connectivity index (χ4v) is 2.89. The summed E-state index contributed by atoms with van der Waals surface area (Å²) in [7, 11) is 0. The molecule has 1 amide bonds. The van der Waals surface area contributed by atoms with E-state index in [1.807, 2.05) is 18.2 Å². The van der Waals surface area contributed by atoms with Crippen molar-refractivity contribution < 1.29 is 4.79 Å². The van der Waals surface area contributed by atoms with Crippen LogP contribution in [0.2, 0.25) is 0 Å². The highest BCUT2D eigenvalue weighted by Crippen LogP contribution is 2.25. The summed E-state index contributed by atoms with van der Waals surface area (Å²) in [6.07, 6.45) is 4.66. The highest BCUT2D eigenvalue weighted by Gasteiger charge is 2.28. The number of benzene rings is 1. The SMILES string of the molecule is Cl.NCC1CCCC1NC(=O)c1ccccc1-n1cnnn1. The van der Waals surface area contributed by atoms with Crippen molar-refractivity contribution in [3.63, 3.8) is 0 Å². The van der Waals surface area contributed by atoms with Crippen LogP contribution in [0.4, 0.5) is 0 Å². The maximum Gasteiger partial charge on any atom is 0.253 e. The van der Waals surface area contributed by atoms with Crippen molar-refractivity contribution in [3.8, 4) is 5.69 Å². The summed E-state index contributed by atoms with van der Waals surface area (Å²) in [5, 5.41) is 14.2. The molecular weight excluding hydrogens is 304 g/mol. The molecule has 1 saturated carbocycles. The van der Waals surface area contributed by atoms with Gasteiger partial charge in [-0.2, -0.15) is 4.68 Å². The molecule has 118 valence electrons. The average Bonchev–Trinajstić information content (AvgIpc) is 3.18. The van der Waals surface area contributed by atoms with Gasteiger partial charge in [0.25, 0.3) is 5.91 Å². The fraction of sp³-hybridized carbons (Fsp3) is 0.429. The molecule has 2 aromatic rings. The van der Waals surface area contributed by atoms with E-state index in [-0.39, 0.29) is 24.4 Å². The van der Waals surface area contributed by atoms with Crippen molar-refractivity contribution in [2.75, 3.05) is 6.54 Å². The third kappa shape index (κ3) is 3.26. The molecule has 0 aliphatic heterocycles. The van der Waals surface area contributed by atoms with Crippen molar-refractivity contribution >= 4 is 18.3 Å². The first kappa shape index (κ1) is 16.4. The van der Waals surface area contributed by atoms with Gasteiger partial charge in [-0.1, -0.05) is 18.6 Å². The number of para-hydroxylation sites is 1. The van der Waals surface area contributed by atoms with Crippen molar-refractivity contribution in [1.29, 1.82) is 0 Å². The predicted octanol–water partition coefficient (Wildman–Crippen LogP) is 0.941. The van der Waals surface area contributed by atoms with Crippen LogP contribution in [0.15, 0.2) is 30.6 Å². The van der Waals surface area contributed by atoms with Crippen molar-refractivity contribution in [3.05, 3.63) is 36.2 Å². The van der Waals surface area contributed by atoms with Gasteiger partial charge in [-0.05, 0) is 47.9 Å². The van der Waals surface area contributed by atoms with Crippen LogP contribution in [0.3, 0.4) is 0 Å². The lowest BCUT2D eigenvalue weighted by Crippen LogP contribution is -2.40. The van der Waals surface area contributed by atoms with E-state index in [1.54, 1.807) is 6.07 Å². The van der Waals surface area contributed by atoms with Gasteiger partial charge in [0.1, 0.15) is 6.33 Å². The number of nitrogens with one attached hydrogen (secondary N) is 1. The Morgan fingerprint density at radius 3 is 2.91 bits per heavy atom. The lowest BCUT2D eigenvalue weighted by Gasteiger charge is -2.20. The number of carbonyl (C=O) groups is 1. The molecule has 22 heavy (non-hydrogen) atoms. The van der Waals surface area contributed by atoms with Gasteiger partial charge in [-0.3, -0.25) is 4.79 Å². The molecule has 3 rings (SSSR count). The van der Waals surface area contributed by atoms with Crippen molar-refractivity contribution in [2.45, 2.75) is 25.3 Å². The summed E-state index contributed by atoms with van der Waals surface area (Å²) >= 11 is 0. The number of nitrogens with zero attached hydrogens (tertiary/aromatic N) is 4. The van der Waals surface area contributed by atoms with Gasteiger partial charge < -0.3 is 11.1 Å². The maximum atomic E-state index is 12.5. The summed E-state index contributed by atoms with van der Waals surface area (Å²) in [6.45, 7) is 0.611. The molecule has 0 saturated heterocycles. The third-order valence-electron chi connectivity index (χ3n) is 4.02. The summed E-state index contributed by atoms with van der Waals surface area (Å²) in [5.74, 6) is 0.264. The molecule has 1 fully saturated rings. The number of aromatic nitrogens is 4. The second-order valence-corrected chi connectivity index (χ2v) is 5.28. The quantitative estimate of drug-likeness (QED) is 0.873. The number of nitrogens with two attached hydrogens (primary N) is 1. The summed E-state index contributed by atoms with van der Waals surface area (Å²) in [5.41, 5.74) is 6.99. The zero-order valence-electron chi connectivity index (χ0n) is 12.1. The Bertz CT molecular complexity index is 618. The van der Waals surface area contributed by atoms with E-state index in [4.69, 9.17) is 5.73 Å². The molecule has 1 aliphatic carbocycles. The normalized spacial score (nSPS) is 20.4. The van der Waals surface area contributed by atoms with Crippen LogP contribution in [0, 0.1) is 5.92 Å². The Morgan fingerprint density at radius 2 is 2.18 bits per heavy atom. The molecule has 1 heterocycles. The predicted molar refractivity (Wildman–Crippen MR) is 84.1 cm³/mol. The van der Waals surface area contributed by atoms with E-state index < -0.39 is 0 Å². The Morgan fingerprint density at radius 1 is 1.36 bits per heavy atom. The number of amides is 1. The van der Waals surface area contributed by atoms with Crippen molar-refractivity contribution in [1.82, 2.24) is 25.5 Å². The van der Waals surface area contributed by atoms with Gasteiger partial charge in [0.05, 0.1) is 11.3 Å². The van der Waals surface area contributed by atoms with Gasteiger partial charge in [-0.25, -0.2) is 0 Å². The summed E-state index contributed by atoms with van der Waals surface area (Å²) < 4.78 is 1.49. The van der Waals surface area contributed by atoms with E-state index in [9.17, 15) is 4.79 Å². The molecule has 2 atom stereocenters. The first-order valence-electron chi connectivity index (χ1n) is 7.13. The standard InChI is InChI=1S/C14H18N6O.ClH/c15-8-10-4-3-6-12(10)17-14(21)11-5-1-2-7-13(11)20-9-16-18-19-20;/h1-2,5,7,9-10,12H,3-4,6,8,15H2,(H,17,21);1H. The number of tetrazole rings is 1. The topological polar surface area (TPSA) is 98.7 Å². The second-order valence-electron chi connectivity index (χ2n) is 5.28. The molecule has 1 aromatic heterocycles. The van der Waals surface area contributed by atoms with Crippen LogP contribution in [0.1, 0.15) is 29.6 Å². The lowest BCUT2D eigenvalue weighted by molar-refractivity contribution is 0.0928. The van der Waals surface area contributed by atoms with Gasteiger partial charge in [-0.15, -0.1) is 17.5 Å². The van der Waals surface area contributed by atoms with Crippen LogP contribution in [-0.2, 0) is 0 Å². The van der Waals surface area contributed by atoms with Gasteiger partial charge >= 0.3 is 0 Å². The highest BCUT2D eigenvalue weighted by molar-refractivity contribution is 5.97. The first-order chi connectivity index (χ1) is 10.3. The van der Waals surface area contributed by atoms with Gasteiger partial charge in [0, 0.05) is 6.04 Å². The van der Waals surface area contributed by atoms with Crippen LogP contribution >= 0.6 is 12.4 Å². The monoisotopic (exact) mass is 322 g/mol. The lowest BCUT2D eigenvalue weighted by atomic mass is 10.0. The molecular formula is C14H19ClN6O. The molecule has 0 bridgehead atoms. The third-order valence-corrected chi connectivity index (χ3v) is 4.02. The molecule has 2 unspecified atom stereocenters. The van der Waals surface area contributed by atoms with Gasteiger partial charge in [0.2, 0.25) is 0 Å². The van der Waals surface area contributed by atoms with Crippen LogP contribution in [-0.4, -0.2) is 38.7 Å². The van der Waals surface area contributed by atoms with Crippen LogP contribution < -0.4 is 11.1 Å². The molecule has 8 heteroatoms. The van der Waals surface area contributed by atoms with E-state index in [2.05, 4.69) is 20.8 Å². The van der Waals surface area contributed by atoms with E-state index in [0.29, 0.717) is 23.7 Å². The Labute approximate surface area is 134 Å². The number of carbonyl (C=O) groups excluding carboxylic acids is 1. The summed E-state index contributed by atoms with van der Waals surface area (Å²) in [4.78, 5) is 12.5. The molecule has 0 radical (unpaired) electrons. The number of rotatable bonds is 4. The van der Waals surface area contributed by atoms with Gasteiger partial charge in [0.15, 0.2) is 0 Å².